The first-order chi connectivity index (χ1) is 8.15. The monoisotopic (exact) mass is 240 g/mol. The van der Waals surface area contributed by atoms with Crippen molar-refractivity contribution in [3.63, 3.8) is 0 Å². The van der Waals surface area contributed by atoms with E-state index in [0.29, 0.717) is 12.6 Å². The van der Waals surface area contributed by atoms with E-state index in [0.717, 1.165) is 13.0 Å². The Morgan fingerprint density at radius 1 is 1.12 bits per heavy atom. The highest BCUT2D eigenvalue weighted by molar-refractivity contribution is 5.27. The molecule has 0 unspecified atom stereocenters. The highest BCUT2D eigenvalue weighted by Gasteiger charge is 2.09. The summed E-state index contributed by atoms with van der Waals surface area (Å²) in [4.78, 5) is 12.4. The molecule has 1 heterocycles. The molecule has 1 aromatic heterocycles. The van der Waals surface area contributed by atoms with Gasteiger partial charge in [-0.25, -0.2) is 0 Å². The molecule has 17 heavy (non-hydrogen) atoms. The van der Waals surface area contributed by atoms with Gasteiger partial charge in [0.2, 0.25) is 5.95 Å². The molecule has 0 saturated carbocycles. The van der Waals surface area contributed by atoms with Crippen molar-refractivity contribution in [2.24, 2.45) is 0 Å². The molecular formula is C11H20N4O2. The third-order valence-electron chi connectivity index (χ3n) is 1.74. The van der Waals surface area contributed by atoms with E-state index >= 15 is 0 Å². The molecule has 6 nitrogen and oxygen atoms in total. The van der Waals surface area contributed by atoms with Gasteiger partial charge < -0.3 is 14.8 Å². The normalized spacial score (nSPS) is 10.4. The topological polar surface area (TPSA) is 69.2 Å². The number of aromatic nitrogens is 3. The van der Waals surface area contributed by atoms with Gasteiger partial charge in [-0.2, -0.15) is 9.97 Å². The van der Waals surface area contributed by atoms with E-state index in [4.69, 9.17) is 9.47 Å². The van der Waals surface area contributed by atoms with Crippen LogP contribution in [0.1, 0.15) is 34.1 Å². The SMILES string of the molecule is CCCNc1nc(OCC)nc(OC(C)C)n1. The molecule has 0 atom stereocenters. The molecule has 0 spiro atoms. The summed E-state index contributed by atoms with van der Waals surface area (Å²) in [5.41, 5.74) is 0. The van der Waals surface area contributed by atoms with Crippen molar-refractivity contribution in [1.82, 2.24) is 15.0 Å². The molecule has 0 aromatic carbocycles. The summed E-state index contributed by atoms with van der Waals surface area (Å²) in [7, 11) is 0. The molecule has 0 saturated heterocycles. The van der Waals surface area contributed by atoms with Crippen LogP contribution in [0, 0.1) is 0 Å². The van der Waals surface area contributed by atoms with Crippen LogP contribution in [0.5, 0.6) is 12.0 Å². The number of hydrogen-bond acceptors (Lipinski definition) is 6. The third-order valence-corrected chi connectivity index (χ3v) is 1.74. The van der Waals surface area contributed by atoms with Crippen molar-refractivity contribution < 1.29 is 9.47 Å². The van der Waals surface area contributed by atoms with E-state index in [9.17, 15) is 0 Å². The van der Waals surface area contributed by atoms with Crippen molar-refractivity contribution in [3.8, 4) is 12.0 Å². The second-order valence-electron chi connectivity index (χ2n) is 3.75. The Bertz CT molecular complexity index is 344. The Balaban J connectivity index is 2.84. The number of nitrogens with one attached hydrogen (secondary N) is 1. The van der Waals surface area contributed by atoms with Crippen LogP contribution in [-0.2, 0) is 0 Å². The molecule has 0 amide bonds. The van der Waals surface area contributed by atoms with Crippen LogP contribution in [0.4, 0.5) is 5.95 Å². The van der Waals surface area contributed by atoms with Crippen LogP contribution < -0.4 is 14.8 Å². The van der Waals surface area contributed by atoms with Gasteiger partial charge >= 0.3 is 12.0 Å². The maximum absolute atomic E-state index is 5.44. The minimum atomic E-state index is 0.0194. The number of nitrogens with zero attached hydrogens (tertiary/aromatic N) is 3. The Kier molecular flexibility index (Phi) is 5.45. The van der Waals surface area contributed by atoms with Crippen molar-refractivity contribution in [3.05, 3.63) is 0 Å². The van der Waals surface area contributed by atoms with Crippen LogP contribution in [0.2, 0.25) is 0 Å². The summed E-state index contributed by atoms with van der Waals surface area (Å²) in [5.74, 6) is 0.487. The van der Waals surface area contributed by atoms with Gasteiger partial charge in [-0.05, 0) is 27.2 Å². The molecule has 1 aromatic rings. The van der Waals surface area contributed by atoms with Gasteiger partial charge in [0.05, 0.1) is 12.7 Å². The summed E-state index contributed by atoms with van der Waals surface area (Å²) in [6.07, 6.45) is 1.02. The zero-order valence-electron chi connectivity index (χ0n) is 10.9. The maximum Gasteiger partial charge on any atom is 0.324 e. The van der Waals surface area contributed by atoms with Crippen molar-refractivity contribution in [2.75, 3.05) is 18.5 Å². The Hall–Kier alpha value is -1.59. The third kappa shape index (κ3) is 4.84. The fourth-order valence-corrected chi connectivity index (χ4v) is 1.11. The molecule has 0 aliphatic rings. The van der Waals surface area contributed by atoms with Crippen LogP contribution in [0.25, 0.3) is 0 Å². The molecule has 0 aliphatic carbocycles. The van der Waals surface area contributed by atoms with Crippen molar-refractivity contribution in [2.45, 2.75) is 40.2 Å². The molecule has 1 N–H and O–H groups in total. The molecule has 1 rings (SSSR count). The van der Waals surface area contributed by atoms with Crippen LogP contribution >= 0.6 is 0 Å². The average molecular weight is 240 g/mol. The largest absolute Gasteiger partial charge is 0.464 e. The van der Waals surface area contributed by atoms with Gasteiger partial charge in [0, 0.05) is 6.54 Å². The van der Waals surface area contributed by atoms with Crippen molar-refractivity contribution in [1.29, 1.82) is 0 Å². The first-order valence-corrected chi connectivity index (χ1v) is 5.95. The Morgan fingerprint density at radius 3 is 2.41 bits per heavy atom. The number of hydrogen-bond donors (Lipinski definition) is 1. The molecule has 0 bridgehead atoms. The van der Waals surface area contributed by atoms with Gasteiger partial charge in [0.1, 0.15) is 0 Å². The van der Waals surface area contributed by atoms with Gasteiger partial charge in [-0.15, -0.1) is 4.98 Å². The number of anilines is 1. The highest BCUT2D eigenvalue weighted by atomic mass is 16.5. The van der Waals surface area contributed by atoms with E-state index in [-0.39, 0.29) is 18.1 Å². The lowest BCUT2D eigenvalue weighted by Gasteiger charge is -2.10. The van der Waals surface area contributed by atoms with Gasteiger partial charge in [0.15, 0.2) is 0 Å². The molecular weight excluding hydrogens is 220 g/mol. The summed E-state index contributed by atoms with van der Waals surface area (Å²) < 4.78 is 10.7. The fourth-order valence-electron chi connectivity index (χ4n) is 1.11. The quantitative estimate of drug-likeness (QED) is 0.784. The minimum Gasteiger partial charge on any atom is -0.464 e. The average Bonchev–Trinajstić information content (AvgIpc) is 2.25. The van der Waals surface area contributed by atoms with E-state index in [2.05, 4.69) is 27.2 Å². The minimum absolute atomic E-state index is 0.0194. The van der Waals surface area contributed by atoms with Crippen LogP contribution in [-0.4, -0.2) is 34.2 Å². The van der Waals surface area contributed by atoms with Crippen LogP contribution in [0.3, 0.4) is 0 Å². The second kappa shape index (κ2) is 6.88. The lowest BCUT2D eigenvalue weighted by Crippen LogP contribution is -2.13. The summed E-state index contributed by atoms with van der Waals surface area (Å²) in [6, 6.07) is 0.578. The first kappa shape index (κ1) is 13.5. The fraction of sp³-hybridized carbons (Fsp3) is 0.727. The smallest absolute Gasteiger partial charge is 0.324 e. The van der Waals surface area contributed by atoms with E-state index in [1.165, 1.54) is 0 Å². The highest BCUT2D eigenvalue weighted by Crippen LogP contribution is 2.14. The van der Waals surface area contributed by atoms with E-state index in [1.54, 1.807) is 0 Å². The lowest BCUT2D eigenvalue weighted by atomic mass is 10.5. The lowest BCUT2D eigenvalue weighted by molar-refractivity contribution is 0.214. The summed E-state index contributed by atoms with van der Waals surface area (Å²) in [6.45, 7) is 9.11. The standard InChI is InChI=1S/C11H20N4O2/c1-5-7-12-9-13-10(16-6-2)15-11(14-9)17-8(3)4/h8H,5-7H2,1-4H3,(H,12,13,14,15). The molecule has 0 fully saturated rings. The zero-order valence-corrected chi connectivity index (χ0v) is 10.9. The summed E-state index contributed by atoms with van der Waals surface area (Å²) >= 11 is 0. The van der Waals surface area contributed by atoms with Gasteiger partial charge in [-0.1, -0.05) is 6.92 Å². The molecule has 0 aliphatic heterocycles. The number of rotatable bonds is 7. The summed E-state index contributed by atoms with van der Waals surface area (Å²) in [5, 5.41) is 3.08. The zero-order chi connectivity index (χ0) is 12.7. The molecule has 6 heteroatoms. The predicted octanol–water partition coefficient (Wildman–Crippen LogP) is 1.88. The maximum atomic E-state index is 5.44. The number of ether oxygens (including phenoxy) is 2. The second-order valence-corrected chi connectivity index (χ2v) is 3.75. The predicted molar refractivity (Wildman–Crippen MR) is 65.5 cm³/mol. The molecule has 96 valence electrons. The van der Waals surface area contributed by atoms with Gasteiger partial charge in [0.25, 0.3) is 0 Å². The van der Waals surface area contributed by atoms with Crippen molar-refractivity contribution >= 4 is 5.95 Å². The first-order valence-electron chi connectivity index (χ1n) is 5.95. The van der Waals surface area contributed by atoms with Gasteiger partial charge in [-0.3, -0.25) is 0 Å². The van der Waals surface area contributed by atoms with Crippen LogP contribution in [0.15, 0.2) is 0 Å². The van der Waals surface area contributed by atoms with E-state index in [1.807, 2.05) is 20.8 Å². The Labute approximate surface area is 102 Å². The Morgan fingerprint density at radius 2 is 1.82 bits per heavy atom. The molecule has 0 radical (unpaired) electrons. The van der Waals surface area contributed by atoms with E-state index < -0.39 is 0 Å².